The molecule has 1 N–H and O–H groups in total. The number of thiazole rings is 1. The van der Waals surface area contributed by atoms with Gasteiger partial charge in [-0.05, 0) is 37.5 Å². The van der Waals surface area contributed by atoms with E-state index in [1.807, 2.05) is 18.5 Å². The Morgan fingerprint density at radius 1 is 1.42 bits per heavy atom. The summed E-state index contributed by atoms with van der Waals surface area (Å²) in [6, 6.07) is 5.66. The number of carbonyl (C=O) groups excluding carboxylic acids is 1. The Kier molecular flexibility index (Phi) is 5.46. The van der Waals surface area contributed by atoms with Gasteiger partial charge in [0.05, 0.1) is 10.7 Å². The first-order chi connectivity index (χ1) is 12.5. The van der Waals surface area contributed by atoms with Crippen molar-refractivity contribution in [3.05, 3.63) is 69.4 Å². The summed E-state index contributed by atoms with van der Waals surface area (Å²) in [7, 11) is 1.85. The lowest BCUT2D eigenvalue weighted by atomic mass is 10.1. The van der Waals surface area contributed by atoms with Crippen LogP contribution in [0.2, 0.25) is 0 Å². The molecule has 2 aromatic heterocycles. The van der Waals surface area contributed by atoms with E-state index in [0.29, 0.717) is 22.0 Å². The summed E-state index contributed by atoms with van der Waals surface area (Å²) in [4.78, 5) is 22.3. The van der Waals surface area contributed by atoms with Crippen molar-refractivity contribution in [2.75, 3.05) is 0 Å². The highest BCUT2D eigenvalue weighted by molar-refractivity contribution is 7.13. The molecule has 1 amide bonds. The molecular weight excluding hydrogens is 351 g/mol. The molecule has 0 radical (unpaired) electrons. The fraction of sp³-hybridized carbons (Fsp3) is 0.316. The normalized spacial score (nSPS) is 12.2. The van der Waals surface area contributed by atoms with Crippen LogP contribution in [-0.4, -0.2) is 20.4 Å². The third kappa shape index (κ3) is 3.83. The van der Waals surface area contributed by atoms with E-state index in [2.05, 4.69) is 22.2 Å². The molecule has 0 aliphatic rings. The Bertz CT molecular complexity index is 918. The van der Waals surface area contributed by atoms with Crippen molar-refractivity contribution in [3.8, 4) is 0 Å². The van der Waals surface area contributed by atoms with E-state index in [-0.39, 0.29) is 11.7 Å². The minimum atomic E-state index is -0.547. The van der Waals surface area contributed by atoms with Gasteiger partial charge in [0.15, 0.2) is 0 Å². The Balaban J connectivity index is 1.93. The number of hydrogen-bond donors (Lipinski definition) is 1. The fourth-order valence-electron chi connectivity index (χ4n) is 2.82. The van der Waals surface area contributed by atoms with E-state index in [1.165, 1.54) is 23.5 Å². The topological polar surface area (TPSA) is 59.8 Å². The molecule has 0 fully saturated rings. The predicted molar refractivity (Wildman–Crippen MR) is 99.8 cm³/mol. The third-order valence-corrected chi connectivity index (χ3v) is 5.30. The van der Waals surface area contributed by atoms with Crippen LogP contribution in [0.1, 0.15) is 51.1 Å². The lowest BCUT2D eigenvalue weighted by Gasteiger charge is -2.19. The number of carbonyl (C=O) groups is 1. The van der Waals surface area contributed by atoms with Crippen LogP contribution in [0.25, 0.3) is 0 Å². The Morgan fingerprint density at radius 2 is 2.23 bits per heavy atom. The monoisotopic (exact) mass is 372 g/mol. The van der Waals surface area contributed by atoms with Crippen LogP contribution in [0.4, 0.5) is 4.39 Å². The SMILES string of the molecule is CCCc1nc(C)c(C(=O)NC(c2cccc(F)c2)c2nccn2C)s1. The summed E-state index contributed by atoms with van der Waals surface area (Å²) >= 11 is 1.41. The number of benzene rings is 1. The largest absolute Gasteiger partial charge is 0.337 e. The lowest BCUT2D eigenvalue weighted by Crippen LogP contribution is -2.31. The second kappa shape index (κ2) is 7.78. The molecule has 0 spiro atoms. The first-order valence-electron chi connectivity index (χ1n) is 8.49. The Hall–Kier alpha value is -2.54. The zero-order chi connectivity index (χ0) is 18.7. The molecule has 5 nitrogen and oxygen atoms in total. The van der Waals surface area contributed by atoms with Gasteiger partial charge in [-0.2, -0.15) is 0 Å². The average molecular weight is 372 g/mol. The van der Waals surface area contributed by atoms with Crippen LogP contribution in [0.5, 0.6) is 0 Å². The summed E-state index contributed by atoms with van der Waals surface area (Å²) < 4.78 is 15.6. The zero-order valence-corrected chi connectivity index (χ0v) is 15.8. The van der Waals surface area contributed by atoms with Gasteiger partial charge in [-0.25, -0.2) is 14.4 Å². The number of hydrogen-bond acceptors (Lipinski definition) is 4. The van der Waals surface area contributed by atoms with Gasteiger partial charge in [-0.3, -0.25) is 4.79 Å². The van der Waals surface area contributed by atoms with Crippen molar-refractivity contribution in [2.24, 2.45) is 7.05 Å². The number of aromatic nitrogens is 3. The van der Waals surface area contributed by atoms with E-state index in [9.17, 15) is 9.18 Å². The minimum absolute atomic E-state index is 0.223. The third-order valence-electron chi connectivity index (χ3n) is 4.09. The smallest absolute Gasteiger partial charge is 0.264 e. The molecule has 0 saturated carbocycles. The van der Waals surface area contributed by atoms with E-state index < -0.39 is 6.04 Å². The molecular formula is C19H21FN4OS. The summed E-state index contributed by atoms with van der Waals surface area (Å²) in [5, 5.41) is 3.95. The van der Waals surface area contributed by atoms with E-state index in [0.717, 1.165) is 17.8 Å². The molecule has 2 heterocycles. The molecule has 26 heavy (non-hydrogen) atoms. The fourth-order valence-corrected chi connectivity index (χ4v) is 3.89. The summed E-state index contributed by atoms with van der Waals surface area (Å²) in [5.74, 6) is 0.0645. The molecule has 7 heteroatoms. The standard InChI is InChI=1S/C19H21FN4OS/c1-4-6-15-22-12(2)17(26-15)19(25)23-16(18-21-9-10-24(18)3)13-7-5-8-14(20)11-13/h5,7-11,16H,4,6H2,1-3H3,(H,23,25). The van der Waals surface area contributed by atoms with Crippen LogP contribution in [-0.2, 0) is 13.5 Å². The molecule has 1 unspecified atom stereocenters. The summed E-state index contributed by atoms with van der Waals surface area (Å²) in [5.41, 5.74) is 1.36. The van der Waals surface area contributed by atoms with Gasteiger partial charge in [0.2, 0.25) is 0 Å². The molecule has 0 bridgehead atoms. The minimum Gasteiger partial charge on any atom is -0.337 e. The molecule has 3 aromatic rings. The van der Waals surface area contributed by atoms with Gasteiger partial charge >= 0.3 is 0 Å². The molecule has 1 aromatic carbocycles. The second-order valence-corrected chi connectivity index (χ2v) is 7.21. The molecule has 3 rings (SSSR count). The average Bonchev–Trinajstić information content (AvgIpc) is 3.18. The predicted octanol–water partition coefficient (Wildman–Crippen LogP) is 3.80. The number of amides is 1. The van der Waals surface area contributed by atoms with Gasteiger partial charge in [-0.1, -0.05) is 19.1 Å². The van der Waals surface area contributed by atoms with Crippen molar-refractivity contribution in [1.29, 1.82) is 0 Å². The second-order valence-electron chi connectivity index (χ2n) is 6.13. The van der Waals surface area contributed by atoms with Crippen LogP contribution in [0.15, 0.2) is 36.7 Å². The van der Waals surface area contributed by atoms with Crippen molar-refractivity contribution in [1.82, 2.24) is 19.9 Å². The molecule has 0 aliphatic carbocycles. The molecule has 1 atom stereocenters. The number of rotatable bonds is 6. The van der Waals surface area contributed by atoms with Crippen molar-refractivity contribution in [3.63, 3.8) is 0 Å². The van der Waals surface area contributed by atoms with E-state index >= 15 is 0 Å². The van der Waals surface area contributed by atoms with Crippen molar-refractivity contribution < 1.29 is 9.18 Å². The Morgan fingerprint density at radius 3 is 2.88 bits per heavy atom. The molecule has 0 aliphatic heterocycles. The van der Waals surface area contributed by atoms with Gasteiger partial charge in [0, 0.05) is 19.4 Å². The van der Waals surface area contributed by atoms with Crippen LogP contribution < -0.4 is 5.32 Å². The van der Waals surface area contributed by atoms with E-state index in [4.69, 9.17) is 0 Å². The van der Waals surface area contributed by atoms with Crippen molar-refractivity contribution in [2.45, 2.75) is 32.7 Å². The lowest BCUT2D eigenvalue weighted by molar-refractivity contribution is 0.0944. The van der Waals surface area contributed by atoms with Crippen LogP contribution >= 0.6 is 11.3 Å². The molecule has 136 valence electrons. The van der Waals surface area contributed by atoms with Gasteiger partial charge in [-0.15, -0.1) is 11.3 Å². The number of halogens is 1. The van der Waals surface area contributed by atoms with Gasteiger partial charge in [0.1, 0.15) is 22.6 Å². The quantitative estimate of drug-likeness (QED) is 0.716. The number of aryl methyl sites for hydroxylation is 3. The first-order valence-corrected chi connectivity index (χ1v) is 9.31. The highest BCUT2D eigenvalue weighted by Crippen LogP contribution is 2.24. The van der Waals surface area contributed by atoms with E-state index in [1.54, 1.807) is 24.5 Å². The maximum atomic E-state index is 13.7. The number of nitrogens with one attached hydrogen (secondary N) is 1. The Labute approximate surface area is 155 Å². The number of nitrogens with zero attached hydrogens (tertiary/aromatic N) is 3. The summed E-state index contributed by atoms with van der Waals surface area (Å²) in [6.45, 7) is 3.92. The highest BCUT2D eigenvalue weighted by Gasteiger charge is 2.24. The maximum Gasteiger partial charge on any atom is 0.264 e. The molecule has 0 saturated heterocycles. The van der Waals surface area contributed by atoms with Gasteiger partial charge < -0.3 is 9.88 Å². The first kappa shape index (κ1) is 18.3. The zero-order valence-electron chi connectivity index (χ0n) is 15.0. The van der Waals surface area contributed by atoms with Crippen LogP contribution in [0, 0.1) is 12.7 Å². The summed E-state index contributed by atoms with van der Waals surface area (Å²) in [6.07, 6.45) is 5.29. The van der Waals surface area contributed by atoms with Crippen molar-refractivity contribution >= 4 is 17.2 Å². The number of imidazole rings is 1. The highest BCUT2D eigenvalue weighted by atomic mass is 32.1. The van der Waals surface area contributed by atoms with Gasteiger partial charge in [0.25, 0.3) is 5.91 Å². The maximum absolute atomic E-state index is 13.7. The van der Waals surface area contributed by atoms with Crippen LogP contribution in [0.3, 0.4) is 0 Å².